The van der Waals surface area contributed by atoms with Gasteiger partial charge in [0.05, 0.1) is 5.54 Å². The number of rotatable bonds is 6. The van der Waals surface area contributed by atoms with Gasteiger partial charge in [0, 0.05) is 29.5 Å². The molecule has 4 nitrogen and oxygen atoms in total. The molecule has 0 spiro atoms. The van der Waals surface area contributed by atoms with Crippen LogP contribution in [0.4, 0.5) is 0 Å². The number of aromatic nitrogens is 1. The van der Waals surface area contributed by atoms with E-state index in [2.05, 4.69) is 58.5 Å². The molecule has 0 unspecified atom stereocenters. The summed E-state index contributed by atoms with van der Waals surface area (Å²) in [6.07, 6.45) is 4.48. The minimum Gasteiger partial charge on any atom is -0.351 e. The molecule has 0 aliphatic heterocycles. The Kier molecular flexibility index (Phi) is 4.06. The Hall–Kier alpha value is -2.59. The Balaban J connectivity index is 1.39. The lowest BCUT2D eigenvalue weighted by Crippen LogP contribution is -2.49. The maximum Gasteiger partial charge on any atom is 0.270 e. The average Bonchev–Trinajstić information content (AvgIpc) is 3.04. The first-order valence-corrected chi connectivity index (χ1v) is 10.4. The first kappa shape index (κ1) is 17.5. The molecule has 2 fully saturated rings. The van der Waals surface area contributed by atoms with Crippen molar-refractivity contribution >= 4 is 16.8 Å². The summed E-state index contributed by atoms with van der Waals surface area (Å²) in [6, 6.07) is 20.6. The van der Waals surface area contributed by atoms with E-state index in [1.54, 1.807) is 0 Å². The highest BCUT2D eigenvalue weighted by Crippen LogP contribution is 2.63. The fourth-order valence-electron chi connectivity index (χ4n) is 5.43. The van der Waals surface area contributed by atoms with Gasteiger partial charge < -0.3 is 15.2 Å². The molecule has 2 aromatic carbocycles. The number of benzene rings is 2. The minimum absolute atomic E-state index is 0.0368. The number of aromatic amines is 1. The van der Waals surface area contributed by atoms with Crippen molar-refractivity contribution in [2.75, 3.05) is 6.54 Å². The monoisotopic (exact) mass is 373 g/mol. The van der Waals surface area contributed by atoms with Crippen molar-refractivity contribution in [3.63, 3.8) is 0 Å². The first-order chi connectivity index (χ1) is 13.7. The van der Waals surface area contributed by atoms with Gasteiger partial charge in [-0.25, -0.2) is 0 Å². The number of likely N-dealkylation sites (N-methyl/N-ethyl adjacent to an activating group) is 1. The lowest BCUT2D eigenvalue weighted by molar-refractivity contribution is 0.0631. The Morgan fingerprint density at radius 3 is 2.68 bits per heavy atom. The second kappa shape index (κ2) is 6.49. The van der Waals surface area contributed by atoms with E-state index in [9.17, 15) is 4.79 Å². The quantitative estimate of drug-likeness (QED) is 0.669. The molecule has 2 atom stereocenters. The molecule has 0 radical (unpaired) electrons. The topological polar surface area (TPSA) is 48.1 Å². The number of hydrogen-bond acceptors (Lipinski definition) is 2. The zero-order valence-electron chi connectivity index (χ0n) is 16.4. The van der Waals surface area contributed by atoms with Crippen LogP contribution < -0.4 is 5.32 Å². The SMILES string of the molecule is CCN(C(=O)c1cc2ccccc2[nH]1)[C@]12CCC[C@]1(NCc1ccccc1)C2. The highest BCUT2D eigenvalue weighted by Gasteiger charge is 2.73. The summed E-state index contributed by atoms with van der Waals surface area (Å²) in [5.41, 5.74) is 3.06. The van der Waals surface area contributed by atoms with Crippen molar-refractivity contribution in [1.29, 1.82) is 0 Å². The Labute approximate surface area is 165 Å². The van der Waals surface area contributed by atoms with E-state index in [0.717, 1.165) is 43.3 Å². The normalized spacial score (nSPS) is 25.6. The number of para-hydroxylation sites is 1. The van der Waals surface area contributed by atoms with E-state index in [-0.39, 0.29) is 17.0 Å². The predicted octanol–water partition coefficient (Wildman–Crippen LogP) is 4.49. The van der Waals surface area contributed by atoms with Crippen LogP contribution in [0.2, 0.25) is 0 Å². The maximum atomic E-state index is 13.4. The Bertz CT molecular complexity index is 978. The molecule has 0 saturated heterocycles. The summed E-state index contributed by atoms with van der Waals surface area (Å²) in [5, 5.41) is 4.93. The summed E-state index contributed by atoms with van der Waals surface area (Å²) in [7, 11) is 0. The highest BCUT2D eigenvalue weighted by atomic mass is 16.2. The fraction of sp³-hybridized carbons (Fsp3) is 0.375. The number of H-pyrrole nitrogens is 1. The number of carbonyl (C=O) groups excluding carboxylic acids is 1. The molecule has 4 heteroatoms. The summed E-state index contributed by atoms with van der Waals surface area (Å²) in [4.78, 5) is 18.9. The van der Waals surface area contributed by atoms with E-state index in [0.29, 0.717) is 5.69 Å². The predicted molar refractivity (Wildman–Crippen MR) is 112 cm³/mol. The summed E-state index contributed by atoms with van der Waals surface area (Å²) in [5.74, 6) is 0.129. The van der Waals surface area contributed by atoms with Crippen molar-refractivity contribution in [2.45, 2.75) is 50.2 Å². The van der Waals surface area contributed by atoms with Gasteiger partial charge in [0.2, 0.25) is 0 Å². The molecule has 2 aliphatic rings. The third-order valence-electron chi connectivity index (χ3n) is 6.87. The molecule has 2 saturated carbocycles. The highest BCUT2D eigenvalue weighted by molar-refractivity contribution is 5.98. The second-order valence-corrected chi connectivity index (χ2v) is 8.30. The number of nitrogens with zero attached hydrogens (tertiary/aromatic N) is 1. The molecule has 1 aromatic heterocycles. The minimum atomic E-state index is -0.0368. The van der Waals surface area contributed by atoms with Crippen LogP contribution in [0.3, 0.4) is 0 Å². The molecule has 144 valence electrons. The Morgan fingerprint density at radius 2 is 1.89 bits per heavy atom. The molecule has 2 N–H and O–H groups in total. The fourth-order valence-corrected chi connectivity index (χ4v) is 5.43. The van der Waals surface area contributed by atoms with Gasteiger partial charge in [0.15, 0.2) is 0 Å². The summed E-state index contributed by atoms with van der Waals surface area (Å²) >= 11 is 0. The van der Waals surface area contributed by atoms with E-state index in [1.807, 2.05) is 24.3 Å². The molecular weight excluding hydrogens is 346 g/mol. The van der Waals surface area contributed by atoms with Crippen LogP contribution in [0.1, 0.15) is 48.7 Å². The molecule has 1 amide bonds. The largest absolute Gasteiger partial charge is 0.351 e. The van der Waals surface area contributed by atoms with Crippen LogP contribution in [0, 0.1) is 0 Å². The standard InChI is InChI=1S/C24H27N3O/c1-2-27(22(28)21-15-19-11-6-7-12-20(19)26-21)24-14-8-13-23(24,17-24)25-16-18-9-4-3-5-10-18/h3-7,9-12,15,25-26H,2,8,13-14,16-17H2,1H3/t23-,24-/m0/s1. The van der Waals surface area contributed by atoms with E-state index < -0.39 is 0 Å². The van der Waals surface area contributed by atoms with Crippen molar-refractivity contribution in [1.82, 2.24) is 15.2 Å². The van der Waals surface area contributed by atoms with Gasteiger partial charge in [-0.15, -0.1) is 0 Å². The average molecular weight is 374 g/mol. The van der Waals surface area contributed by atoms with E-state index in [1.165, 1.54) is 12.0 Å². The number of carbonyl (C=O) groups is 1. The third kappa shape index (κ3) is 2.59. The number of hydrogen-bond donors (Lipinski definition) is 2. The van der Waals surface area contributed by atoms with Crippen molar-refractivity contribution in [3.05, 3.63) is 71.9 Å². The van der Waals surface area contributed by atoms with Gasteiger partial charge in [0.25, 0.3) is 5.91 Å². The lowest BCUT2D eigenvalue weighted by Gasteiger charge is -2.32. The molecular formula is C24H27N3O. The molecule has 0 bridgehead atoms. The molecule has 1 heterocycles. The zero-order chi connectivity index (χ0) is 19.2. The van der Waals surface area contributed by atoms with Crippen LogP contribution in [-0.2, 0) is 6.54 Å². The maximum absolute atomic E-state index is 13.4. The van der Waals surface area contributed by atoms with Crippen LogP contribution >= 0.6 is 0 Å². The van der Waals surface area contributed by atoms with E-state index >= 15 is 0 Å². The number of amides is 1. The van der Waals surface area contributed by atoms with Gasteiger partial charge in [0.1, 0.15) is 5.69 Å². The lowest BCUT2D eigenvalue weighted by atomic mass is 10.1. The van der Waals surface area contributed by atoms with Crippen LogP contribution in [-0.4, -0.2) is 33.4 Å². The van der Waals surface area contributed by atoms with Gasteiger partial charge in [-0.1, -0.05) is 48.5 Å². The number of fused-ring (bicyclic) bond motifs is 2. The van der Waals surface area contributed by atoms with Crippen LogP contribution in [0.25, 0.3) is 10.9 Å². The molecule has 5 rings (SSSR count). The zero-order valence-corrected chi connectivity index (χ0v) is 16.4. The van der Waals surface area contributed by atoms with E-state index in [4.69, 9.17) is 0 Å². The number of nitrogens with one attached hydrogen (secondary N) is 2. The van der Waals surface area contributed by atoms with Crippen molar-refractivity contribution in [3.8, 4) is 0 Å². The Morgan fingerprint density at radius 1 is 1.11 bits per heavy atom. The second-order valence-electron chi connectivity index (χ2n) is 8.30. The van der Waals surface area contributed by atoms with Crippen molar-refractivity contribution in [2.24, 2.45) is 0 Å². The van der Waals surface area contributed by atoms with Crippen LogP contribution in [0.5, 0.6) is 0 Å². The van der Waals surface area contributed by atoms with Gasteiger partial charge in [-0.2, -0.15) is 0 Å². The molecule has 2 aliphatic carbocycles. The summed E-state index contributed by atoms with van der Waals surface area (Å²) < 4.78 is 0. The third-order valence-corrected chi connectivity index (χ3v) is 6.87. The first-order valence-electron chi connectivity index (χ1n) is 10.4. The van der Waals surface area contributed by atoms with Crippen LogP contribution in [0.15, 0.2) is 60.7 Å². The van der Waals surface area contributed by atoms with Gasteiger partial charge >= 0.3 is 0 Å². The van der Waals surface area contributed by atoms with Gasteiger partial charge in [-0.3, -0.25) is 4.79 Å². The molecule has 28 heavy (non-hydrogen) atoms. The molecule has 3 aromatic rings. The van der Waals surface area contributed by atoms with Gasteiger partial charge in [-0.05, 0) is 50.3 Å². The smallest absolute Gasteiger partial charge is 0.270 e. The summed E-state index contributed by atoms with van der Waals surface area (Å²) in [6.45, 7) is 3.71. The van der Waals surface area contributed by atoms with Crippen molar-refractivity contribution < 1.29 is 4.79 Å².